The van der Waals surface area contributed by atoms with Crippen LogP contribution in [0.4, 0.5) is 4.39 Å². The second kappa shape index (κ2) is 11.6. The predicted molar refractivity (Wildman–Crippen MR) is 129 cm³/mol. The molecule has 0 spiro atoms. The summed E-state index contributed by atoms with van der Waals surface area (Å²) in [6.07, 6.45) is 3.92. The number of carbonyl (C=O) groups is 3. The van der Waals surface area contributed by atoms with Gasteiger partial charge in [0.15, 0.2) is 0 Å². The summed E-state index contributed by atoms with van der Waals surface area (Å²) in [5, 5.41) is 9.15. The minimum atomic E-state index is -1.55. The maximum Gasteiger partial charge on any atom is 0.377 e. The van der Waals surface area contributed by atoms with Crippen LogP contribution in [-0.4, -0.2) is 47.9 Å². The number of hydrogen-bond acceptors (Lipinski definition) is 4. The zero-order chi connectivity index (χ0) is 24.1. The topological polar surface area (TPSA) is 83.9 Å². The van der Waals surface area contributed by atoms with E-state index in [9.17, 15) is 18.8 Å². The highest BCUT2D eigenvalue weighted by Crippen LogP contribution is 2.31. The third kappa shape index (κ3) is 5.90. The Morgan fingerprint density at radius 3 is 2.26 bits per heavy atom. The van der Waals surface area contributed by atoms with Crippen molar-refractivity contribution in [2.75, 3.05) is 20.2 Å². The number of aryl methyl sites for hydroxylation is 1. The first kappa shape index (κ1) is 26.8. The molecule has 182 valence electrons. The molecule has 7 heteroatoms. The van der Waals surface area contributed by atoms with E-state index in [-0.39, 0.29) is 24.7 Å². The van der Waals surface area contributed by atoms with Crippen LogP contribution in [0.1, 0.15) is 54.2 Å². The molecule has 1 aliphatic rings. The molecule has 0 saturated carbocycles. The number of likely N-dealkylation sites (tertiary alicyclic amines) is 1. The molecule has 2 aromatic rings. The molecular formula is C27H32FNO5. The van der Waals surface area contributed by atoms with Crippen LogP contribution in [0.2, 0.25) is 0 Å². The van der Waals surface area contributed by atoms with Gasteiger partial charge < -0.3 is 14.7 Å². The van der Waals surface area contributed by atoms with Crippen LogP contribution in [0.3, 0.4) is 0 Å². The molecule has 1 N–H and O–H groups in total. The number of rotatable bonds is 7. The highest BCUT2D eigenvalue weighted by molar-refractivity contribution is 6.51. The molecule has 1 aliphatic heterocycles. The average Bonchev–Trinajstić information content (AvgIpc) is 2.81. The summed E-state index contributed by atoms with van der Waals surface area (Å²) in [6, 6.07) is 9.72. The number of carboxylic acid groups (broad SMARTS) is 1. The molecule has 0 atom stereocenters. The first-order chi connectivity index (χ1) is 15.7. The van der Waals surface area contributed by atoms with Crippen LogP contribution in [-0.2, 0) is 16.0 Å². The number of nitrogens with zero attached hydrogens (tertiary/aromatic N) is 1. The number of halogens is 1. The number of carboxylic acids is 1. The first-order valence-electron chi connectivity index (χ1n) is 10.9. The fourth-order valence-corrected chi connectivity index (χ4v) is 4.30. The second-order valence-electron chi connectivity index (χ2n) is 8.27. The number of Topliss-reactive ketones (excluding diaryl/α,β-unsaturated/α-hetero) is 1. The lowest BCUT2D eigenvalue weighted by Gasteiger charge is -2.32. The molecule has 0 radical (unpaired) electrons. The number of ketones is 1. The summed E-state index contributed by atoms with van der Waals surface area (Å²) in [4.78, 5) is 38.5. The van der Waals surface area contributed by atoms with Crippen LogP contribution >= 0.6 is 0 Å². The third-order valence-corrected chi connectivity index (χ3v) is 6.13. The molecule has 3 rings (SSSR count). The van der Waals surface area contributed by atoms with E-state index in [4.69, 9.17) is 9.84 Å². The lowest BCUT2D eigenvalue weighted by Crippen LogP contribution is -2.39. The number of piperidine rings is 1. The van der Waals surface area contributed by atoms with Gasteiger partial charge in [0.1, 0.15) is 11.6 Å². The van der Waals surface area contributed by atoms with E-state index in [0.29, 0.717) is 41.4 Å². The molecule has 0 unspecified atom stereocenters. The zero-order valence-electron chi connectivity index (χ0n) is 19.1. The van der Waals surface area contributed by atoms with Crippen LogP contribution in [0.25, 0.3) is 5.57 Å². The van der Waals surface area contributed by atoms with Crippen molar-refractivity contribution < 1.29 is 28.6 Å². The Bertz CT molecular complexity index is 1080. The molecule has 0 bridgehead atoms. The van der Waals surface area contributed by atoms with Gasteiger partial charge in [-0.2, -0.15) is 0 Å². The van der Waals surface area contributed by atoms with Crippen LogP contribution in [0.15, 0.2) is 42.5 Å². The molecule has 34 heavy (non-hydrogen) atoms. The first-order valence-corrected chi connectivity index (χ1v) is 10.9. The highest BCUT2D eigenvalue weighted by atomic mass is 19.1. The van der Waals surface area contributed by atoms with Crippen molar-refractivity contribution in [3.05, 3.63) is 70.5 Å². The van der Waals surface area contributed by atoms with E-state index < -0.39 is 11.8 Å². The number of amides is 1. The predicted octanol–water partition coefficient (Wildman–Crippen LogP) is 4.93. The number of aliphatic carboxylic acids is 1. The number of benzene rings is 2. The van der Waals surface area contributed by atoms with E-state index in [1.807, 2.05) is 0 Å². The Balaban J connectivity index is 0.00000408. The third-order valence-electron chi connectivity index (χ3n) is 6.13. The monoisotopic (exact) mass is 469 g/mol. The van der Waals surface area contributed by atoms with Gasteiger partial charge in [0.2, 0.25) is 0 Å². The Morgan fingerprint density at radius 2 is 1.74 bits per heavy atom. The van der Waals surface area contributed by atoms with Crippen molar-refractivity contribution >= 4 is 23.2 Å². The van der Waals surface area contributed by atoms with Gasteiger partial charge in [-0.1, -0.05) is 25.6 Å². The number of ether oxygens (including phenoxy) is 1. The molecular weight excluding hydrogens is 437 g/mol. The SMILES string of the molecule is C.C/C=C(/C(=O)C(=O)O)c1cc(C(=O)N2CCC(Cc3ccc(F)cc3)CC2)c(OC)cc1C. The van der Waals surface area contributed by atoms with E-state index in [2.05, 4.69) is 0 Å². The molecule has 1 saturated heterocycles. The van der Waals surface area contributed by atoms with Gasteiger partial charge in [0, 0.05) is 18.7 Å². The van der Waals surface area contributed by atoms with Gasteiger partial charge in [-0.05, 0) is 80.0 Å². The van der Waals surface area contributed by atoms with Crippen LogP contribution in [0.5, 0.6) is 5.75 Å². The molecule has 1 heterocycles. The highest BCUT2D eigenvalue weighted by Gasteiger charge is 2.28. The summed E-state index contributed by atoms with van der Waals surface area (Å²) >= 11 is 0. The Hall–Kier alpha value is -3.48. The van der Waals surface area contributed by atoms with Crippen LogP contribution < -0.4 is 4.74 Å². The van der Waals surface area contributed by atoms with Gasteiger partial charge in [-0.3, -0.25) is 9.59 Å². The average molecular weight is 470 g/mol. The van der Waals surface area contributed by atoms with E-state index >= 15 is 0 Å². The fourth-order valence-electron chi connectivity index (χ4n) is 4.30. The normalized spacial score (nSPS) is 14.4. The number of hydrogen-bond donors (Lipinski definition) is 1. The van der Waals surface area contributed by atoms with E-state index in [0.717, 1.165) is 24.8 Å². The summed E-state index contributed by atoms with van der Waals surface area (Å²) in [5.41, 5.74) is 2.46. The van der Waals surface area contributed by atoms with Gasteiger partial charge >= 0.3 is 5.97 Å². The smallest absolute Gasteiger partial charge is 0.377 e. The van der Waals surface area contributed by atoms with Crippen molar-refractivity contribution in [3.8, 4) is 5.75 Å². The molecule has 0 aromatic heterocycles. The van der Waals surface area contributed by atoms with Crippen molar-refractivity contribution in [3.63, 3.8) is 0 Å². The van der Waals surface area contributed by atoms with Gasteiger partial charge in [-0.25, -0.2) is 9.18 Å². The fraction of sp³-hybridized carbons (Fsp3) is 0.370. The zero-order valence-corrected chi connectivity index (χ0v) is 19.1. The number of allylic oxidation sites excluding steroid dienone is 1. The van der Waals surface area contributed by atoms with Crippen molar-refractivity contribution in [1.29, 1.82) is 0 Å². The maximum atomic E-state index is 13.3. The summed E-state index contributed by atoms with van der Waals surface area (Å²) < 4.78 is 18.6. The Labute approximate surface area is 200 Å². The van der Waals surface area contributed by atoms with Crippen molar-refractivity contribution in [2.24, 2.45) is 5.92 Å². The minimum absolute atomic E-state index is 0. The van der Waals surface area contributed by atoms with E-state index in [1.54, 1.807) is 43.0 Å². The van der Waals surface area contributed by atoms with E-state index in [1.165, 1.54) is 25.3 Å². The maximum absolute atomic E-state index is 13.3. The molecule has 1 fully saturated rings. The summed E-state index contributed by atoms with van der Waals surface area (Å²) in [7, 11) is 1.47. The molecule has 2 aromatic carbocycles. The van der Waals surface area contributed by atoms with Gasteiger partial charge in [-0.15, -0.1) is 0 Å². The van der Waals surface area contributed by atoms with Crippen LogP contribution in [0, 0.1) is 18.7 Å². The van der Waals surface area contributed by atoms with Crippen molar-refractivity contribution in [2.45, 2.75) is 40.5 Å². The molecule has 6 nitrogen and oxygen atoms in total. The number of carbonyl (C=O) groups excluding carboxylic acids is 2. The quantitative estimate of drug-likeness (QED) is 0.459. The Morgan fingerprint density at radius 1 is 1.12 bits per heavy atom. The lowest BCUT2D eigenvalue weighted by molar-refractivity contribution is -0.146. The summed E-state index contributed by atoms with van der Waals surface area (Å²) in [6.45, 7) is 4.47. The second-order valence-corrected chi connectivity index (χ2v) is 8.27. The van der Waals surface area contributed by atoms with Crippen molar-refractivity contribution in [1.82, 2.24) is 4.90 Å². The molecule has 0 aliphatic carbocycles. The van der Waals surface area contributed by atoms with Gasteiger partial charge in [0.05, 0.1) is 12.7 Å². The minimum Gasteiger partial charge on any atom is -0.496 e. The lowest BCUT2D eigenvalue weighted by atomic mass is 9.89. The largest absolute Gasteiger partial charge is 0.496 e. The van der Waals surface area contributed by atoms with Gasteiger partial charge in [0.25, 0.3) is 11.7 Å². The number of methoxy groups -OCH3 is 1. The summed E-state index contributed by atoms with van der Waals surface area (Å²) in [5.74, 6) is -2.26. The molecule has 1 amide bonds. The standard InChI is InChI=1S/C26H28FNO5.CH4/c1-4-20(24(29)26(31)32)21-15-22(23(33-3)13-16(21)2)25(30)28-11-9-18(10-12-28)14-17-5-7-19(27)8-6-17;/h4-8,13,15,18H,9-12,14H2,1-3H3,(H,31,32);1H4/b20-4+;. The Kier molecular flexibility index (Phi) is 9.12.